The average molecular weight is 863 g/mol. The second kappa shape index (κ2) is 13.2. The van der Waals surface area contributed by atoms with E-state index >= 15 is 0 Å². The molecule has 0 radical (unpaired) electrons. The fraction of sp³-hybridized carbons (Fsp3) is 0.750. The maximum Gasteiger partial charge on any atom is 2.00 e. The van der Waals surface area contributed by atoms with E-state index in [1.54, 1.807) is 0 Å². The third-order valence-corrected chi connectivity index (χ3v) is 17.3. The van der Waals surface area contributed by atoms with Gasteiger partial charge in [-0.15, -0.1) is 0 Å². The van der Waals surface area contributed by atoms with E-state index in [9.17, 15) is 130 Å². The van der Waals surface area contributed by atoms with Crippen LogP contribution in [0.2, 0.25) is 0 Å². The zero-order chi connectivity index (χ0) is 37.2. The molecule has 0 unspecified atom stereocenters. The summed E-state index contributed by atoms with van der Waals surface area (Å²) in [4.78, 5) is 0. The van der Waals surface area contributed by atoms with Gasteiger partial charge < -0.3 is 0 Å². The molecule has 0 aromatic heterocycles. The van der Waals surface area contributed by atoms with Crippen LogP contribution in [0.15, 0.2) is 0 Å². The van der Waals surface area contributed by atoms with Crippen LogP contribution in [-0.4, -0.2) is 121 Å². The summed E-state index contributed by atoms with van der Waals surface area (Å²) in [6.45, 7) is 0. The van der Waals surface area contributed by atoms with Crippen LogP contribution in [0.5, 0.6) is 0 Å². The predicted octanol–water partition coefficient (Wildman–Crippen LogP) is 2.09. The van der Waals surface area contributed by atoms with Gasteiger partial charge in [-0.2, -0.15) is 79.0 Å². The molecule has 45 heavy (non-hydrogen) atoms. The van der Waals surface area contributed by atoms with Crippen LogP contribution in [0.25, 0.3) is 0 Å². The molecular formula is C8CaF18O12S6. The number of alkyl halides is 18. The zero-order valence-corrected chi connectivity index (χ0v) is 26.0. The molecule has 0 aromatic carbocycles. The molecule has 12 nitrogen and oxygen atoms in total. The summed E-state index contributed by atoms with van der Waals surface area (Å²) in [5.74, 6) is 0. The molecule has 0 aromatic rings. The van der Waals surface area contributed by atoms with Gasteiger partial charge >= 0.3 is 70.8 Å². The van der Waals surface area contributed by atoms with Gasteiger partial charge in [-0.1, -0.05) is 0 Å². The summed E-state index contributed by atoms with van der Waals surface area (Å²) >= 11 is 0. The molecule has 0 saturated heterocycles. The largest absolute Gasteiger partial charge is 2.00 e. The first kappa shape index (κ1) is 49.1. The van der Waals surface area contributed by atoms with E-state index < -0.39 is 99.9 Å². The van der Waals surface area contributed by atoms with Crippen LogP contribution in [-0.2, 0) is 59.0 Å². The Morgan fingerprint density at radius 1 is 0.244 bits per heavy atom. The van der Waals surface area contributed by atoms with Crippen LogP contribution >= 0.6 is 0 Å². The van der Waals surface area contributed by atoms with E-state index in [2.05, 4.69) is 0 Å². The van der Waals surface area contributed by atoms with Gasteiger partial charge in [-0.3, -0.25) is 50.5 Å². The van der Waals surface area contributed by atoms with E-state index in [1.807, 2.05) is 0 Å². The maximum absolute atomic E-state index is 12.0. The molecule has 268 valence electrons. The Morgan fingerprint density at radius 3 is 0.356 bits per heavy atom. The van der Waals surface area contributed by atoms with E-state index in [1.165, 1.54) is 0 Å². The molecule has 0 aliphatic carbocycles. The van der Waals surface area contributed by atoms with Crippen molar-refractivity contribution in [1.29, 1.82) is 0 Å². The van der Waals surface area contributed by atoms with E-state index in [-0.39, 0.29) is 37.7 Å². The zero-order valence-electron chi connectivity index (χ0n) is 18.9. The molecule has 0 atom stereocenters. The van der Waals surface area contributed by atoms with Crippen LogP contribution < -0.4 is 0 Å². The van der Waals surface area contributed by atoms with Gasteiger partial charge in [-0.25, -0.2) is 0 Å². The van der Waals surface area contributed by atoms with Crippen LogP contribution in [0.3, 0.4) is 0 Å². The Morgan fingerprint density at radius 2 is 0.311 bits per heavy atom. The average Bonchev–Trinajstić information content (AvgIpc) is 2.61. The maximum atomic E-state index is 12.0. The van der Waals surface area contributed by atoms with Gasteiger partial charge in [0.15, 0.2) is 59.0 Å². The fourth-order valence-corrected chi connectivity index (χ4v) is 12.9. The second-order valence-corrected chi connectivity index (χ2v) is 19.0. The first-order valence-corrected chi connectivity index (χ1v) is 16.8. The van der Waals surface area contributed by atoms with E-state index in [0.29, 0.717) is 0 Å². The summed E-state index contributed by atoms with van der Waals surface area (Å²) in [5.41, 5.74) is -42.3. The number of hydrogen-bond donors (Lipinski definition) is 0. The molecule has 0 amide bonds. The SMILES string of the molecule is O=S(=O)([C-](S(=O)(=O)C(F)(F)F)S(=O)(=O)C(F)(F)F)C(F)(F)F.O=S(=O)([C-](S(=O)(=O)C(F)(F)F)S(=O)(=O)C(F)(F)F)C(F)(F)F.[Ca+2]. The second-order valence-electron chi connectivity index (χ2n) is 6.20. The number of hydrogen-bond acceptors (Lipinski definition) is 12. The molecule has 0 heterocycles. The third-order valence-electron chi connectivity index (χ3n) is 3.14. The topological polar surface area (TPSA) is 205 Å². The van der Waals surface area contributed by atoms with Gasteiger partial charge in [0.05, 0.1) is 7.83 Å². The fourth-order valence-electron chi connectivity index (χ4n) is 1.43. The minimum atomic E-state index is -8.02. The van der Waals surface area contributed by atoms with Crippen molar-refractivity contribution in [3.63, 3.8) is 0 Å². The van der Waals surface area contributed by atoms with E-state index in [4.69, 9.17) is 0 Å². The van der Waals surface area contributed by atoms with Crippen molar-refractivity contribution < 1.29 is 130 Å². The molecule has 37 heteroatoms. The minimum Gasteiger partial charge on any atom is -0.251 e. The summed E-state index contributed by atoms with van der Waals surface area (Å²) in [7, 11) is -48.1. The normalized spacial score (nSPS) is 15.7. The van der Waals surface area contributed by atoms with Crippen molar-refractivity contribution >= 4 is 96.8 Å². The monoisotopic (exact) mass is 862 g/mol. The molecular weight excluding hydrogens is 863 g/mol. The number of halogens is 18. The van der Waals surface area contributed by atoms with Crippen molar-refractivity contribution in [2.75, 3.05) is 0 Å². The molecule has 0 aliphatic rings. The minimum absolute atomic E-state index is 0. The Bertz CT molecular complexity index is 1390. The summed E-state index contributed by atoms with van der Waals surface area (Å²) in [5, 5.41) is 0. The van der Waals surface area contributed by atoms with Gasteiger partial charge in [0.1, 0.15) is 0 Å². The first-order chi connectivity index (χ1) is 18.2. The van der Waals surface area contributed by atoms with Crippen LogP contribution in [0.1, 0.15) is 0 Å². The summed E-state index contributed by atoms with van der Waals surface area (Å²) in [6.07, 6.45) is 0. The Labute approximate surface area is 265 Å². The van der Waals surface area contributed by atoms with Crippen molar-refractivity contribution in [3.8, 4) is 0 Å². The Balaban J connectivity index is -0.000000767. The molecule has 0 N–H and O–H groups in total. The molecule has 0 rings (SSSR count). The predicted molar refractivity (Wildman–Crippen MR) is 102 cm³/mol. The Kier molecular flexibility index (Phi) is 14.4. The van der Waals surface area contributed by atoms with Crippen molar-refractivity contribution in [2.45, 2.75) is 33.0 Å². The number of rotatable bonds is 6. The Hall–Kier alpha value is -0.300. The summed E-state index contributed by atoms with van der Waals surface area (Å²) in [6, 6.07) is 0. The van der Waals surface area contributed by atoms with Gasteiger partial charge in [0.25, 0.3) is 0 Å². The standard InChI is InChI=1S/2C4F9O6S3.Ca/c2*5-2(6,7)20(14,15)1(21(16,17)3(8,9)10)22(18,19)4(11,12)13;/q2*-1;+2. The van der Waals surface area contributed by atoms with Gasteiger partial charge in [0, 0.05) is 0 Å². The van der Waals surface area contributed by atoms with Gasteiger partial charge in [0.2, 0.25) is 0 Å². The van der Waals surface area contributed by atoms with Crippen molar-refractivity contribution in [1.82, 2.24) is 0 Å². The van der Waals surface area contributed by atoms with E-state index in [0.717, 1.165) is 0 Å². The third kappa shape index (κ3) is 9.44. The van der Waals surface area contributed by atoms with Gasteiger partial charge in [-0.05, 0) is 0 Å². The molecule has 0 saturated carbocycles. The van der Waals surface area contributed by atoms with Crippen molar-refractivity contribution in [2.24, 2.45) is 0 Å². The van der Waals surface area contributed by atoms with Crippen LogP contribution in [0, 0.1) is 7.83 Å². The van der Waals surface area contributed by atoms with Crippen molar-refractivity contribution in [3.05, 3.63) is 7.83 Å². The first-order valence-electron chi connectivity index (χ1n) is 7.85. The molecule has 0 fully saturated rings. The summed E-state index contributed by atoms with van der Waals surface area (Å²) < 4.78 is 335. The smallest absolute Gasteiger partial charge is 0.251 e. The molecule has 0 bridgehead atoms. The molecule has 0 aliphatic heterocycles. The molecule has 0 spiro atoms. The van der Waals surface area contributed by atoms with Crippen LogP contribution in [0.4, 0.5) is 79.0 Å². The number of sulfone groups is 6. The quantitative estimate of drug-likeness (QED) is 0.214.